The molecule has 9 rings (SSSR count). The van der Waals surface area contributed by atoms with Gasteiger partial charge < -0.3 is 0 Å². The smallest absolute Gasteiger partial charge is 0.139 e. The molecule has 2 N–H and O–H groups in total. The number of nitrogens with zero attached hydrogens (tertiary/aromatic N) is 3. The van der Waals surface area contributed by atoms with Crippen LogP contribution < -0.4 is 0 Å². The van der Waals surface area contributed by atoms with Crippen LogP contribution in [0.5, 0.6) is 0 Å². The van der Waals surface area contributed by atoms with E-state index in [2.05, 4.69) is 104 Å². The zero-order valence-corrected chi connectivity index (χ0v) is 29.2. The lowest BCUT2D eigenvalue weighted by Gasteiger charge is -2.26. The van der Waals surface area contributed by atoms with Crippen LogP contribution in [0.2, 0.25) is 0 Å². The molecule has 2 aromatic heterocycles. The number of hydrogen-bond donors (Lipinski definition) is 2. The van der Waals surface area contributed by atoms with Gasteiger partial charge in [-0.25, -0.2) is 15.0 Å². The van der Waals surface area contributed by atoms with Crippen molar-refractivity contribution in [2.45, 2.75) is 18.8 Å². The van der Waals surface area contributed by atoms with Crippen molar-refractivity contribution in [1.29, 1.82) is 10.8 Å². The second kappa shape index (κ2) is 13.0. The molecule has 53 heavy (non-hydrogen) atoms. The summed E-state index contributed by atoms with van der Waals surface area (Å²) >= 11 is 0. The summed E-state index contributed by atoms with van der Waals surface area (Å²) in [6, 6.07) is 47.1. The van der Waals surface area contributed by atoms with Crippen LogP contribution in [-0.2, 0) is 5.41 Å². The van der Waals surface area contributed by atoms with Crippen LogP contribution in [0.1, 0.15) is 35.9 Å². The summed E-state index contributed by atoms with van der Waals surface area (Å²) in [6.07, 6.45) is 11.4. The van der Waals surface area contributed by atoms with E-state index in [1.165, 1.54) is 0 Å². The van der Waals surface area contributed by atoms with Gasteiger partial charge in [0.15, 0.2) is 0 Å². The van der Waals surface area contributed by atoms with E-state index in [4.69, 9.17) is 20.4 Å². The van der Waals surface area contributed by atoms with Crippen molar-refractivity contribution in [1.82, 2.24) is 15.0 Å². The standard InChI is InChI=1S/C48H35N5/c1-48(26-12-5-13-27-48)47-52-40(33-16-8-3-9-17-33)30-41(53-47)34-22-20-31(21-23-34)36-24-25-37-42(28-36)51-46(35-18-10-4-11-19-35)39-29-38(32-14-6-2-7-15-32)44(49)45(50)43(37)39/h2-26,28-30,49-50H,27H2,1H3. The van der Waals surface area contributed by atoms with Crippen LogP contribution in [-0.4, -0.2) is 26.4 Å². The molecule has 1 unspecified atom stereocenters. The van der Waals surface area contributed by atoms with E-state index in [9.17, 15) is 5.41 Å². The van der Waals surface area contributed by atoms with Crippen molar-refractivity contribution in [3.05, 3.63) is 186 Å². The summed E-state index contributed by atoms with van der Waals surface area (Å²) in [7, 11) is 0. The predicted octanol–water partition coefficient (Wildman–Crippen LogP) is 11.4. The van der Waals surface area contributed by atoms with Gasteiger partial charge in [-0.05, 0) is 48.2 Å². The van der Waals surface area contributed by atoms with Gasteiger partial charge in [-0.3, -0.25) is 10.8 Å². The molecule has 5 heteroatoms. The fourth-order valence-corrected chi connectivity index (χ4v) is 7.34. The first kappa shape index (κ1) is 32.1. The van der Waals surface area contributed by atoms with E-state index in [1.807, 2.05) is 72.8 Å². The predicted molar refractivity (Wildman–Crippen MR) is 218 cm³/mol. The van der Waals surface area contributed by atoms with E-state index in [-0.39, 0.29) is 16.8 Å². The Morgan fingerprint density at radius 2 is 1.13 bits per heavy atom. The summed E-state index contributed by atoms with van der Waals surface area (Å²) < 4.78 is 0. The summed E-state index contributed by atoms with van der Waals surface area (Å²) in [5, 5.41) is 19.2. The third-order valence-electron chi connectivity index (χ3n) is 10.3. The summed E-state index contributed by atoms with van der Waals surface area (Å²) in [5.74, 6) is 0.807. The molecule has 252 valence electrons. The molecule has 0 spiro atoms. The third-order valence-corrected chi connectivity index (χ3v) is 10.3. The number of aromatic nitrogens is 3. The molecule has 0 saturated carbocycles. The van der Waals surface area contributed by atoms with E-state index in [0.29, 0.717) is 0 Å². The SMILES string of the molecule is CC1(c2nc(-c3ccccc3)cc(-c3ccc(-c4ccc5c6c(c(-c7ccccc7)nc5c4)C=C(c4ccccc4)C(=N)C6=N)cc3)n2)C=CC=CC1. The summed E-state index contributed by atoms with van der Waals surface area (Å²) in [4.78, 5) is 15.5. The molecule has 0 aliphatic heterocycles. The number of hydrogen-bond acceptors (Lipinski definition) is 5. The maximum atomic E-state index is 9.27. The van der Waals surface area contributed by atoms with E-state index < -0.39 is 0 Å². The molecule has 0 bridgehead atoms. The van der Waals surface area contributed by atoms with Gasteiger partial charge in [-0.1, -0.05) is 152 Å². The van der Waals surface area contributed by atoms with Gasteiger partial charge in [0, 0.05) is 44.2 Å². The lowest BCUT2D eigenvalue weighted by molar-refractivity contribution is 0.557. The van der Waals surface area contributed by atoms with Gasteiger partial charge in [0.25, 0.3) is 0 Å². The number of fused-ring (bicyclic) bond motifs is 3. The van der Waals surface area contributed by atoms with Crippen molar-refractivity contribution >= 4 is 34.0 Å². The average Bonchev–Trinajstić information content (AvgIpc) is 3.22. The molecule has 2 aliphatic carbocycles. The highest BCUT2D eigenvalue weighted by atomic mass is 14.9. The number of allylic oxidation sites excluding steroid dienone is 5. The molecule has 2 aliphatic rings. The first-order chi connectivity index (χ1) is 25.9. The van der Waals surface area contributed by atoms with Crippen molar-refractivity contribution in [2.75, 3.05) is 0 Å². The highest BCUT2D eigenvalue weighted by Crippen LogP contribution is 2.39. The van der Waals surface area contributed by atoms with E-state index >= 15 is 0 Å². The topological polar surface area (TPSA) is 86.4 Å². The van der Waals surface area contributed by atoms with Gasteiger partial charge in [0.1, 0.15) is 5.82 Å². The zero-order valence-electron chi connectivity index (χ0n) is 29.2. The van der Waals surface area contributed by atoms with E-state index in [1.54, 1.807) is 0 Å². The minimum Gasteiger partial charge on any atom is -0.298 e. The zero-order chi connectivity index (χ0) is 35.9. The Bertz CT molecular complexity index is 2660. The fourth-order valence-electron chi connectivity index (χ4n) is 7.34. The van der Waals surface area contributed by atoms with Crippen molar-refractivity contribution in [3.63, 3.8) is 0 Å². The Labute approximate surface area is 308 Å². The number of pyridine rings is 1. The highest BCUT2D eigenvalue weighted by molar-refractivity contribution is 6.64. The molecule has 0 radical (unpaired) electrons. The number of benzene rings is 5. The highest BCUT2D eigenvalue weighted by Gasteiger charge is 2.29. The van der Waals surface area contributed by atoms with E-state index in [0.717, 1.165) is 90.3 Å². The molecular weight excluding hydrogens is 647 g/mol. The molecule has 0 saturated heterocycles. The average molecular weight is 682 g/mol. The van der Waals surface area contributed by atoms with Crippen LogP contribution in [0, 0.1) is 10.8 Å². The van der Waals surface area contributed by atoms with Crippen LogP contribution in [0.3, 0.4) is 0 Å². The largest absolute Gasteiger partial charge is 0.298 e. The Morgan fingerprint density at radius 1 is 0.547 bits per heavy atom. The second-order valence-electron chi connectivity index (χ2n) is 13.8. The second-order valence-corrected chi connectivity index (χ2v) is 13.8. The van der Waals surface area contributed by atoms with Gasteiger partial charge >= 0.3 is 0 Å². The molecule has 0 amide bonds. The first-order valence-electron chi connectivity index (χ1n) is 17.8. The normalized spacial score (nSPS) is 16.4. The van der Waals surface area contributed by atoms with Gasteiger partial charge in [-0.2, -0.15) is 0 Å². The summed E-state index contributed by atoms with van der Waals surface area (Å²) in [6.45, 7) is 2.20. The number of rotatable bonds is 6. The van der Waals surface area contributed by atoms with Gasteiger partial charge in [0.2, 0.25) is 0 Å². The lowest BCUT2D eigenvalue weighted by atomic mass is 9.82. The van der Waals surface area contributed by atoms with Gasteiger partial charge in [-0.15, -0.1) is 0 Å². The maximum Gasteiger partial charge on any atom is 0.139 e. The van der Waals surface area contributed by atoms with Crippen LogP contribution >= 0.6 is 0 Å². The minimum atomic E-state index is -0.294. The number of nitrogens with one attached hydrogen (secondary N) is 2. The Hall–Kier alpha value is -6.85. The van der Waals surface area contributed by atoms with Crippen LogP contribution in [0.25, 0.3) is 67.5 Å². The van der Waals surface area contributed by atoms with Gasteiger partial charge in [0.05, 0.1) is 34.0 Å². The molecule has 0 fully saturated rings. The van der Waals surface area contributed by atoms with Crippen molar-refractivity contribution in [3.8, 4) is 44.9 Å². The van der Waals surface area contributed by atoms with Crippen LogP contribution in [0.15, 0.2) is 164 Å². The maximum absolute atomic E-state index is 9.27. The minimum absolute atomic E-state index is 0.204. The Balaban J connectivity index is 1.14. The molecule has 5 aromatic carbocycles. The molecule has 1 atom stereocenters. The van der Waals surface area contributed by atoms with Crippen LogP contribution in [0.4, 0.5) is 0 Å². The first-order valence-corrected chi connectivity index (χ1v) is 17.8. The third kappa shape index (κ3) is 5.82. The Morgan fingerprint density at radius 3 is 1.77 bits per heavy atom. The molecule has 2 heterocycles. The summed E-state index contributed by atoms with van der Waals surface area (Å²) in [5.41, 5.74) is 11.9. The quantitative estimate of drug-likeness (QED) is 0.183. The fraction of sp³-hybridized carbons (Fsp3) is 0.0625. The molecular formula is C48H35N5. The monoisotopic (exact) mass is 681 g/mol. The molecule has 5 nitrogen and oxygen atoms in total. The van der Waals surface area contributed by atoms with Crippen molar-refractivity contribution < 1.29 is 0 Å². The Kier molecular flexibility index (Phi) is 7.89. The molecule has 7 aromatic rings. The van der Waals surface area contributed by atoms with Crippen molar-refractivity contribution in [2.24, 2.45) is 0 Å². The lowest BCUT2D eigenvalue weighted by Crippen LogP contribution is -2.23.